The Labute approximate surface area is 129 Å². The predicted molar refractivity (Wildman–Crippen MR) is 88.2 cm³/mol. The Morgan fingerprint density at radius 3 is 2.64 bits per heavy atom. The second-order valence-electron chi connectivity index (χ2n) is 5.03. The van der Waals surface area contributed by atoms with Crippen LogP contribution in [0, 0.1) is 13.8 Å². The number of nitrogens with one attached hydrogen (secondary N) is 2. The molecule has 0 aliphatic rings. The van der Waals surface area contributed by atoms with Crippen molar-refractivity contribution in [3.63, 3.8) is 0 Å². The number of carbonyl (C=O) groups excluding carboxylic acids is 1. The fourth-order valence-electron chi connectivity index (χ4n) is 1.85. The van der Waals surface area contributed by atoms with Gasteiger partial charge in [-0.15, -0.1) is 0 Å². The van der Waals surface area contributed by atoms with E-state index in [1.165, 1.54) is 6.21 Å². The van der Waals surface area contributed by atoms with Crippen molar-refractivity contribution in [1.29, 1.82) is 0 Å². The first kappa shape index (κ1) is 15.6. The minimum Gasteiger partial charge on any atom is -0.507 e. The summed E-state index contributed by atoms with van der Waals surface area (Å²) >= 11 is 0. The number of phenols is 1. The molecule has 5 nitrogen and oxygen atoms in total. The third-order valence-electron chi connectivity index (χ3n) is 3.17. The van der Waals surface area contributed by atoms with Gasteiger partial charge >= 0.3 is 0 Å². The van der Waals surface area contributed by atoms with Crippen LogP contribution >= 0.6 is 0 Å². The van der Waals surface area contributed by atoms with Gasteiger partial charge in [-0.05, 0) is 37.6 Å². The number of amides is 1. The largest absolute Gasteiger partial charge is 0.507 e. The highest BCUT2D eigenvalue weighted by Gasteiger charge is 2.02. The molecule has 0 saturated carbocycles. The lowest BCUT2D eigenvalue weighted by molar-refractivity contribution is -0.119. The molecule has 2 rings (SSSR count). The van der Waals surface area contributed by atoms with Crippen LogP contribution in [-0.2, 0) is 4.79 Å². The van der Waals surface area contributed by atoms with Crippen molar-refractivity contribution in [2.24, 2.45) is 5.10 Å². The van der Waals surface area contributed by atoms with Crippen LogP contribution in [0.5, 0.6) is 5.75 Å². The minimum absolute atomic E-state index is 0.125. The third kappa shape index (κ3) is 4.34. The van der Waals surface area contributed by atoms with Crippen molar-refractivity contribution < 1.29 is 9.90 Å². The molecule has 2 aromatic carbocycles. The molecule has 3 N–H and O–H groups in total. The van der Waals surface area contributed by atoms with E-state index in [1.54, 1.807) is 19.1 Å². The zero-order valence-corrected chi connectivity index (χ0v) is 12.6. The van der Waals surface area contributed by atoms with E-state index >= 15 is 0 Å². The van der Waals surface area contributed by atoms with Gasteiger partial charge in [-0.3, -0.25) is 4.79 Å². The third-order valence-corrected chi connectivity index (χ3v) is 3.17. The summed E-state index contributed by atoms with van der Waals surface area (Å²) in [4.78, 5) is 11.7. The summed E-state index contributed by atoms with van der Waals surface area (Å²) in [5.41, 5.74) is 5.78. The number of anilines is 1. The Bertz CT molecular complexity index is 679. The fourth-order valence-corrected chi connectivity index (χ4v) is 1.85. The first-order chi connectivity index (χ1) is 10.6. The number of aryl methyl sites for hydroxylation is 2. The van der Waals surface area contributed by atoms with Gasteiger partial charge in [-0.2, -0.15) is 5.10 Å². The van der Waals surface area contributed by atoms with E-state index < -0.39 is 0 Å². The quantitative estimate of drug-likeness (QED) is 0.586. The average molecular weight is 297 g/mol. The number of hydrogen-bond acceptors (Lipinski definition) is 4. The monoisotopic (exact) mass is 297 g/mol. The summed E-state index contributed by atoms with van der Waals surface area (Å²) in [6.45, 7) is 3.93. The Kier molecular flexibility index (Phi) is 5.14. The second kappa shape index (κ2) is 7.26. The van der Waals surface area contributed by atoms with E-state index in [-0.39, 0.29) is 18.2 Å². The van der Waals surface area contributed by atoms with Gasteiger partial charge in [0.15, 0.2) is 0 Å². The van der Waals surface area contributed by atoms with Crippen LogP contribution in [0.2, 0.25) is 0 Å². The predicted octanol–water partition coefficient (Wildman–Crippen LogP) is 2.57. The fraction of sp³-hybridized carbons (Fsp3) is 0.176. The topological polar surface area (TPSA) is 73.7 Å². The number of nitrogens with zero attached hydrogens (tertiary/aromatic N) is 1. The molecular weight excluding hydrogens is 278 g/mol. The summed E-state index contributed by atoms with van der Waals surface area (Å²) in [6, 6.07) is 13.1. The average Bonchev–Trinajstić information content (AvgIpc) is 2.51. The standard InChI is InChI=1S/C17H19N3O2/c1-12-6-8-15(9-7-12)18-11-16(21)20-19-10-14-5-3-4-13(2)17(14)22/h3-10,18,22H,11H2,1-2H3,(H,20,21)/b19-10+. The van der Waals surface area contributed by atoms with Crippen molar-refractivity contribution in [3.8, 4) is 5.75 Å². The van der Waals surface area contributed by atoms with Gasteiger partial charge in [0, 0.05) is 11.3 Å². The molecule has 114 valence electrons. The molecule has 0 aliphatic carbocycles. The van der Waals surface area contributed by atoms with Gasteiger partial charge in [-0.1, -0.05) is 29.8 Å². The Morgan fingerprint density at radius 1 is 1.18 bits per heavy atom. The highest BCUT2D eigenvalue weighted by Crippen LogP contribution is 2.19. The number of carbonyl (C=O) groups is 1. The molecule has 22 heavy (non-hydrogen) atoms. The molecule has 0 radical (unpaired) electrons. The van der Waals surface area contributed by atoms with Crippen molar-refractivity contribution in [3.05, 3.63) is 59.2 Å². The zero-order valence-electron chi connectivity index (χ0n) is 12.6. The van der Waals surface area contributed by atoms with Gasteiger partial charge in [0.2, 0.25) is 0 Å². The van der Waals surface area contributed by atoms with Crippen LogP contribution in [0.3, 0.4) is 0 Å². The molecule has 2 aromatic rings. The lowest BCUT2D eigenvalue weighted by atomic mass is 10.1. The number of hydrazone groups is 1. The molecule has 1 amide bonds. The van der Waals surface area contributed by atoms with Crippen LogP contribution in [0.1, 0.15) is 16.7 Å². The van der Waals surface area contributed by atoms with Crippen molar-refractivity contribution in [2.45, 2.75) is 13.8 Å². The van der Waals surface area contributed by atoms with E-state index in [9.17, 15) is 9.90 Å². The smallest absolute Gasteiger partial charge is 0.259 e. The number of hydrogen-bond donors (Lipinski definition) is 3. The van der Waals surface area contributed by atoms with E-state index in [0.29, 0.717) is 5.56 Å². The lowest BCUT2D eigenvalue weighted by Gasteiger charge is -2.05. The molecule has 0 aliphatic heterocycles. The zero-order chi connectivity index (χ0) is 15.9. The maximum absolute atomic E-state index is 11.7. The molecule has 0 bridgehead atoms. The molecular formula is C17H19N3O2. The molecule has 0 spiro atoms. The van der Waals surface area contributed by atoms with Crippen LogP contribution in [0.15, 0.2) is 47.6 Å². The SMILES string of the molecule is Cc1ccc(NCC(=O)N/N=C/c2cccc(C)c2O)cc1. The van der Waals surface area contributed by atoms with Crippen molar-refractivity contribution in [1.82, 2.24) is 5.43 Å². The van der Waals surface area contributed by atoms with Crippen LogP contribution < -0.4 is 10.7 Å². The van der Waals surface area contributed by atoms with E-state index in [0.717, 1.165) is 16.8 Å². The van der Waals surface area contributed by atoms with Crippen LogP contribution in [-0.4, -0.2) is 23.8 Å². The van der Waals surface area contributed by atoms with Gasteiger partial charge in [0.1, 0.15) is 5.75 Å². The van der Waals surface area contributed by atoms with Gasteiger partial charge < -0.3 is 10.4 Å². The van der Waals surface area contributed by atoms with E-state index in [1.807, 2.05) is 37.3 Å². The number of rotatable bonds is 5. The second-order valence-corrected chi connectivity index (χ2v) is 5.03. The van der Waals surface area contributed by atoms with E-state index in [2.05, 4.69) is 15.8 Å². The highest BCUT2D eigenvalue weighted by atomic mass is 16.3. The Morgan fingerprint density at radius 2 is 1.91 bits per heavy atom. The van der Waals surface area contributed by atoms with Crippen LogP contribution in [0.25, 0.3) is 0 Å². The number of aromatic hydroxyl groups is 1. The number of phenolic OH excluding ortho intramolecular Hbond substituents is 1. The first-order valence-corrected chi connectivity index (χ1v) is 6.97. The number of benzene rings is 2. The molecule has 0 atom stereocenters. The summed E-state index contributed by atoms with van der Waals surface area (Å²) in [5, 5.41) is 16.7. The summed E-state index contributed by atoms with van der Waals surface area (Å²) in [7, 11) is 0. The van der Waals surface area contributed by atoms with Gasteiger partial charge in [0.05, 0.1) is 12.8 Å². The summed E-state index contributed by atoms with van der Waals surface area (Å²) < 4.78 is 0. The molecule has 5 heteroatoms. The molecule has 0 heterocycles. The van der Waals surface area contributed by atoms with Gasteiger partial charge in [0.25, 0.3) is 5.91 Å². The van der Waals surface area contributed by atoms with Gasteiger partial charge in [-0.25, -0.2) is 5.43 Å². The minimum atomic E-state index is -0.260. The summed E-state index contributed by atoms with van der Waals surface area (Å²) in [6.07, 6.45) is 1.42. The maximum atomic E-state index is 11.7. The summed E-state index contributed by atoms with van der Waals surface area (Å²) in [5.74, 6) is -0.0951. The highest BCUT2D eigenvalue weighted by molar-refractivity contribution is 5.86. The van der Waals surface area contributed by atoms with Crippen molar-refractivity contribution >= 4 is 17.8 Å². The maximum Gasteiger partial charge on any atom is 0.259 e. The van der Waals surface area contributed by atoms with Crippen molar-refractivity contribution in [2.75, 3.05) is 11.9 Å². The molecule has 0 unspecified atom stereocenters. The Balaban J connectivity index is 1.83. The normalized spacial score (nSPS) is 10.6. The lowest BCUT2D eigenvalue weighted by Crippen LogP contribution is -2.25. The van der Waals surface area contributed by atoms with Crippen LogP contribution in [0.4, 0.5) is 5.69 Å². The molecule has 0 saturated heterocycles. The molecule has 0 fully saturated rings. The first-order valence-electron chi connectivity index (χ1n) is 6.97. The van der Waals surface area contributed by atoms with E-state index in [4.69, 9.17) is 0 Å². The molecule has 0 aromatic heterocycles. The number of para-hydroxylation sites is 1. The Hall–Kier alpha value is -2.82.